The number of pyridine rings is 1. The van der Waals surface area contributed by atoms with Gasteiger partial charge in [0, 0.05) is 37.0 Å². The molecule has 4 N–H and O–H groups in total. The van der Waals surface area contributed by atoms with Gasteiger partial charge in [0.05, 0.1) is 17.0 Å². The quantitative estimate of drug-likeness (QED) is 0.414. The number of carbonyl (C=O) groups excluding carboxylic acids is 1. The van der Waals surface area contributed by atoms with Crippen LogP contribution in [0.15, 0.2) is 34.7 Å². The van der Waals surface area contributed by atoms with E-state index in [1.54, 1.807) is 6.92 Å². The monoisotopic (exact) mass is 510 g/mol. The SMILES string of the molecule is CCS(=O)(=O)N1CCN(c2nc3sc(C(N)=O)c(N)c3c(-c3cc4ccccc4o3)c2C#N)CC1. The van der Waals surface area contributed by atoms with Gasteiger partial charge in [-0.1, -0.05) is 18.2 Å². The van der Waals surface area contributed by atoms with E-state index >= 15 is 0 Å². The Kier molecular flexibility index (Phi) is 5.63. The molecule has 3 aromatic heterocycles. The van der Waals surface area contributed by atoms with Crippen molar-refractivity contribution in [3.63, 3.8) is 0 Å². The number of sulfonamides is 1. The Morgan fingerprint density at radius 1 is 1.26 bits per heavy atom. The third-order valence-electron chi connectivity index (χ3n) is 6.16. The van der Waals surface area contributed by atoms with Crippen molar-refractivity contribution < 1.29 is 17.6 Å². The summed E-state index contributed by atoms with van der Waals surface area (Å²) in [6.07, 6.45) is 0. The Morgan fingerprint density at radius 3 is 2.60 bits per heavy atom. The van der Waals surface area contributed by atoms with Crippen LogP contribution in [0.5, 0.6) is 0 Å². The van der Waals surface area contributed by atoms with Gasteiger partial charge in [0.15, 0.2) is 0 Å². The molecule has 1 aliphatic heterocycles. The maximum atomic E-state index is 12.3. The number of furan rings is 1. The number of nitrogens with two attached hydrogens (primary N) is 2. The molecule has 0 unspecified atom stereocenters. The second kappa shape index (κ2) is 8.53. The van der Waals surface area contributed by atoms with Crippen LogP contribution in [0.4, 0.5) is 11.5 Å². The molecular weight excluding hydrogens is 488 g/mol. The van der Waals surface area contributed by atoms with Crippen molar-refractivity contribution in [2.75, 3.05) is 42.6 Å². The third-order valence-corrected chi connectivity index (χ3v) is 9.16. The Hall–Kier alpha value is -3.66. The number of piperazine rings is 1. The van der Waals surface area contributed by atoms with Crippen LogP contribution in [-0.4, -0.2) is 55.5 Å². The second-order valence-electron chi connectivity index (χ2n) is 8.12. The summed E-state index contributed by atoms with van der Waals surface area (Å²) in [7, 11) is -3.31. The number of hydrogen-bond donors (Lipinski definition) is 2. The first-order valence-electron chi connectivity index (χ1n) is 10.9. The molecule has 12 heteroatoms. The zero-order valence-electron chi connectivity index (χ0n) is 18.8. The van der Waals surface area contributed by atoms with Crippen LogP contribution in [0.25, 0.3) is 32.5 Å². The third kappa shape index (κ3) is 3.78. The molecular formula is C23H22N6O4S2. The molecule has 1 aromatic carbocycles. The molecule has 35 heavy (non-hydrogen) atoms. The van der Waals surface area contributed by atoms with E-state index in [2.05, 4.69) is 6.07 Å². The van der Waals surface area contributed by atoms with Gasteiger partial charge in [0.1, 0.15) is 38.5 Å². The Labute approximate surface area is 205 Å². The van der Waals surface area contributed by atoms with Gasteiger partial charge in [0.2, 0.25) is 10.0 Å². The van der Waals surface area contributed by atoms with Crippen LogP contribution < -0.4 is 16.4 Å². The topological polar surface area (TPSA) is 160 Å². The number of primary amides is 1. The second-order valence-corrected chi connectivity index (χ2v) is 11.4. The predicted octanol–water partition coefficient (Wildman–Crippen LogP) is 2.73. The zero-order chi connectivity index (χ0) is 24.9. The molecule has 1 amide bonds. The van der Waals surface area contributed by atoms with Crippen LogP contribution in [0.2, 0.25) is 0 Å². The summed E-state index contributed by atoms with van der Waals surface area (Å²) in [5, 5.41) is 11.5. The first-order chi connectivity index (χ1) is 16.7. The fourth-order valence-electron chi connectivity index (χ4n) is 4.37. The number of hydrogen-bond acceptors (Lipinski definition) is 9. The highest BCUT2D eigenvalue weighted by atomic mass is 32.2. The number of benzene rings is 1. The van der Waals surface area contributed by atoms with Crippen LogP contribution in [-0.2, 0) is 10.0 Å². The molecule has 0 radical (unpaired) electrons. The molecule has 0 atom stereocenters. The molecule has 0 bridgehead atoms. The highest BCUT2D eigenvalue weighted by Gasteiger charge is 2.31. The Balaban J connectivity index is 1.72. The lowest BCUT2D eigenvalue weighted by molar-refractivity contribution is 0.100. The minimum atomic E-state index is -3.31. The number of anilines is 2. The van der Waals surface area contributed by atoms with E-state index in [4.69, 9.17) is 20.9 Å². The van der Waals surface area contributed by atoms with Crippen molar-refractivity contribution in [1.82, 2.24) is 9.29 Å². The highest BCUT2D eigenvalue weighted by Crippen LogP contribution is 2.45. The Bertz CT molecular complexity index is 1590. The summed E-state index contributed by atoms with van der Waals surface area (Å²) in [4.78, 5) is 19.2. The van der Waals surface area contributed by atoms with Crippen LogP contribution >= 0.6 is 11.3 Å². The van der Waals surface area contributed by atoms with Gasteiger partial charge in [-0.25, -0.2) is 13.4 Å². The lowest BCUT2D eigenvalue weighted by atomic mass is 10.0. The molecule has 4 aromatic rings. The van der Waals surface area contributed by atoms with Crippen molar-refractivity contribution in [1.29, 1.82) is 5.26 Å². The molecule has 1 saturated heterocycles. The first kappa shape index (κ1) is 23.1. The van der Waals surface area contributed by atoms with Gasteiger partial charge < -0.3 is 20.8 Å². The minimum Gasteiger partial charge on any atom is -0.456 e. The number of para-hydroxylation sites is 1. The van der Waals surface area contributed by atoms with E-state index in [-0.39, 0.29) is 35.0 Å². The fourth-order valence-corrected chi connectivity index (χ4v) is 6.41. The van der Waals surface area contributed by atoms with Crippen LogP contribution in [0, 0.1) is 11.3 Å². The molecule has 5 rings (SSSR count). The van der Waals surface area contributed by atoms with E-state index in [0.29, 0.717) is 46.0 Å². The van der Waals surface area contributed by atoms with Crippen molar-refractivity contribution >= 4 is 60.0 Å². The summed E-state index contributed by atoms with van der Waals surface area (Å²) in [6, 6.07) is 11.5. The van der Waals surface area contributed by atoms with Gasteiger partial charge in [-0.15, -0.1) is 11.3 Å². The molecule has 4 heterocycles. The number of nitriles is 1. The van der Waals surface area contributed by atoms with Crippen molar-refractivity contribution in [3.05, 3.63) is 40.8 Å². The smallest absolute Gasteiger partial charge is 0.260 e. The summed E-state index contributed by atoms with van der Waals surface area (Å²) in [6.45, 7) is 2.88. The van der Waals surface area contributed by atoms with E-state index in [1.165, 1.54) is 4.31 Å². The first-order valence-corrected chi connectivity index (χ1v) is 13.3. The summed E-state index contributed by atoms with van der Waals surface area (Å²) in [5.74, 6) is 0.159. The number of amides is 1. The average molecular weight is 511 g/mol. The number of carbonyl (C=O) groups is 1. The van der Waals surface area contributed by atoms with E-state index in [0.717, 1.165) is 16.7 Å². The highest BCUT2D eigenvalue weighted by molar-refractivity contribution is 7.89. The van der Waals surface area contributed by atoms with Gasteiger partial charge >= 0.3 is 0 Å². The molecule has 1 aliphatic rings. The number of aromatic nitrogens is 1. The molecule has 10 nitrogen and oxygen atoms in total. The van der Waals surface area contributed by atoms with Crippen molar-refractivity contribution in [3.8, 4) is 17.4 Å². The van der Waals surface area contributed by atoms with Crippen molar-refractivity contribution in [2.45, 2.75) is 6.92 Å². The van der Waals surface area contributed by atoms with Gasteiger partial charge in [-0.05, 0) is 19.1 Å². The molecule has 0 saturated carbocycles. The molecule has 180 valence electrons. The number of thiophene rings is 1. The Morgan fingerprint density at radius 2 is 1.97 bits per heavy atom. The predicted molar refractivity (Wildman–Crippen MR) is 136 cm³/mol. The van der Waals surface area contributed by atoms with Gasteiger partial charge in [-0.2, -0.15) is 9.57 Å². The fraction of sp³-hybridized carbons (Fsp3) is 0.261. The lowest BCUT2D eigenvalue weighted by Gasteiger charge is -2.35. The van der Waals surface area contributed by atoms with E-state index in [9.17, 15) is 18.5 Å². The standard InChI is InChI=1S/C23H22N6O4S2/c1-2-35(31,32)29-9-7-28(8-10-29)22-14(12-24)17(16-11-13-5-3-4-6-15(13)33-16)18-19(25)20(21(26)30)34-23(18)27-22/h3-6,11H,2,7-10,25H2,1H3,(H2,26,30). The van der Waals surface area contributed by atoms with E-state index < -0.39 is 15.9 Å². The largest absolute Gasteiger partial charge is 0.456 e. The number of fused-ring (bicyclic) bond motifs is 2. The summed E-state index contributed by atoms with van der Waals surface area (Å²) < 4.78 is 32.1. The number of nitrogen functional groups attached to an aromatic ring is 1. The zero-order valence-corrected chi connectivity index (χ0v) is 20.4. The maximum Gasteiger partial charge on any atom is 0.260 e. The molecule has 1 fully saturated rings. The van der Waals surface area contributed by atoms with Gasteiger partial charge in [0.25, 0.3) is 5.91 Å². The van der Waals surface area contributed by atoms with Crippen LogP contribution in [0.1, 0.15) is 22.2 Å². The van der Waals surface area contributed by atoms with E-state index in [1.807, 2.05) is 35.2 Å². The summed E-state index contributed by atoms with van der Waals surface area (Å²) >= 11 is 1.06. The number of nitrogens with zero attached hydrogens (tertiary/aromatic N) is 4. The van der Waals surface area contributed by atoms with Crippen LogP contribution in [0.3, 0.4) is 0 Å². The average Bonchev–Trinajstić information content (AvgIpc) is 3.44. The number of rotatable bonds is 5. The molecule has 0 aliphatic carbocycles. The lowest BCUT2D eigenvalue weighted by Crippen LogP contribution is -2.49. The maximum absolute atomic E-state index is 12.3. The minimum absolute atomic E-state index is 0.0290. The normalized spacial score (nSPS) is 15.0. The summed E-state index contributed by atoms with van der Waals surface area (Å²) in [5.41, 5.74) is 13.4. The van der Waals surface area contributed by atoms with Crippen molar-refractivity contribution in [2.24, 2.45) is 5.73 Å². The van der Waals surface area contributed by atoms with Gasteiger partial charge in [-0.3, -0.25) is 4.79 Å². The molecule has 0 spiro atoms.